The van der Waals surface area contributed by atoms with Crippen molar-refractivity contribution in [1.82, 2.24) is 14.5 Å². The maximum absolute atomic E-state index is 11.8. The number of nitrogens with zero attached hydrogens (tertiary/aromatic N) is 4. The first-order chi connectivity index (χ1) is 15.9. The zero-order valence-corrected chi connectivity index (χ0v) is 19.1. The van der Waals surface area contributed by atoms with Gasteiger partial charge in [-0.3, -0.25) is 4.79 Å². The van der Waals surface area contributed by atoms with E-state index in [2.05, 4.69) is 4.98 Å². The molecule has 4 rings (SSSR count). The van der Waals surface area contributed by atoms with Crippen molar-refractivity contribution in [2.24, 2.45) is 0 Å². The van der Waals surface area contributed by atoms with Crippen molar-refractivity contribution < 1.29 is 24.5 Å². The third-order valence-corrected chi connectivity index (χ3v) is 6.39. The minimum absolute atomic E-state index is 0.0755. The molecule has 2 N–H and O–H groups in total. The molecule has 174 valence electrons. The predicted octanol–water partition coefficient (Wildman–Crippen LogP) is 3.81. The highest BCUT2D eigenvalue weighted by molar-refractivity contribution is 6.45. The molecule has 1 aromatic carbocycles. The zero-order valence-electron chi connectivity index (χ0n) is 17.6. The van der Waals surface area contributed by atoms with Crippen molar-refractivity contribution in [2.75, 3.05) is 24.7 Å². The van der Waals surface area contributed by atoms with E-state index in [1.165, 1.54) is 0 Å². The molecule has 3 aromatic rings. The van der Waals surface area contributed by atoms with Gasteiger partial charge in [0.2, 0.25) is 0 Å². The topological polar surface area (TPSA) is 118 Å². The molecular weight excluding hydrogens is 471 g/mol. The number of benzene rings is 1. The molecule has 1 aliphatic rings. The number of fused-ring (bicyclic) bond motifs is 1. The smallest absolute Gasteiger partial charge is 0.326 e. The van der Waals surface area contributed by atoms with Gasteiger partial charge in [0.05, 0.1) is 47.2 Å². The lowest BCUT2D eigenvalue weighted by molar-refractivity contribution is -0.139. The van der Waals surface area contributed by atoms with Crippen LogP contribution in [-0.2, 0) is 20.7 Å². The lowest BCUT2D eigenvalue weighted by atomic mass is 10.0. The second-order valence-corrected chi connectivity index (χ2v) is 8.51. The molecule has 0 aliphatic carbocycles. The molecule has 3 heterocycles. The van der Waals surface area contributed by atoms with Gasteiger partial charge in [-0.25, -0.2) is 14.8 Å². The van der Waals surface area contributed by atoms with Crippen LogP contribution in [-0.4, -0.2) is 62.5 Å². The van der Waals surface area contributed by atoms with Crippen molar-refractivity contribution in [3.05, 3.63) is 46.5 Å². The van der Waals surface area contributed by atoms with E-state index in [9.17, 15) is 14.7 Å². The van der Waals surface area contributed by atoms with Crippen LogP contribution in [0.2, 0.25) is 10.0 Å². The van der Waals surface area contributed by atoms with Crippen LogP contribution in [0, 0.1) is 0 Å². The first-order valence-corrected chi connectivity index (χ1v) is 11.2. The summed E-state index contributed by atoms with van der Waals surface area (Å²) in [5.41, 5.74) is 2.03. The molecule has 1 atom stereocenters. The number of aliphatic carboxylic acids is 2. The first kappa shape index (κ1) is 23.3. The van der Waals surface area contributed by atoms with Gasteiger partial charge in [0.25, 0.3) is 0 Å². The summed E-state index contributed by atoms with van der Waals surface area (Å²) in [4.78, 5) is 33.1. The summed E-state index contributed by atoms with van der Waals surface area (Å²) < 4.78 is 7.29. The van der Waals surface area contributed by atoms with Gasteiger partial charge in [-0.1, -0.05) is 23.2 Å². The second-order valence-electron chi connectivity index (χ2n) is 7.72. The van der Waals surface area contributed by atoms with Crippen LogP contribution in [0.1, 0.15) is 24.8 Å². The highest BCUT2D eigenvalue weighted by atomic mass is 35.5. The average molecular weight is 493 g/mol. The number of carboxylic acid groups (broad SMARTS) is 2. The summed E-state index contributed by atoms with van der Waals surface area (Å²) in [5.74, 6) is -1.31. The molecule has 0 amide bonds. The van der Waals surface area contributed by atoms with Crippen molar-refractivity contribution in [3.63, 3.8) is 0 Å². The van der Waals surface area contributed by atoms with Gasteiger partial charge in [0.1, 0.15) is 11.9 Å². The van der Waals surface area contributed by atoms with E-state index in [0.717, 1.165) is 23.1 Å². The number of hydrogen-bond donors (Lipinski definition) is 2. The van der Waals surface area contributed by atoms with Crippen molar-refractivity contribution in [2.45, 2.75) is 31.7 Å². The van der Waals surface area contributed by atoms with Crippen LogP contribution in [0.4, 0.5) is 5.82 Å². The Balaban J connectivity index is 1.81. The molecule has 1 fully saturated rings. The fourth-order valence-corrected chi connectivity index (χ4v) is 4.50. The van der Waals surface area contributed by atoms with Crippen LogP contribution in [0.15, 0.2) is 30.9 Å². The lowest BCUT2D eigenvalue weighted by Crippen LogP contribution is -2.36. The van der Waals surface area contributed by atoms with Gasteiger partial charge in [-0.2, -0.15) is 0 Å². The summed E-state index contributed by atoms with van der Waals surface area (Å²) in [6.45, 7) is 0.969. The van der Waals surface area contributed by atoms with E-state index in [1.54, 1.807) is 29.7 Å². The number of carboxylic acids is 2. The number of carbonyl (C=O) groups is 2. The van der Waals surface area contributed by atoms with Gasteiger partial charge in [-0.05, 0) is 30.9 Å². The van der Waals surface area contributed by atoms with E-state index in [1.807, 2.05) is 10.6 Å². The fourth-order valence-electron chi connectivity index (χ4n) is 4.09. The van der Waals surface area contributed by atoms with E-state index in [-0.39, 0.29) is 18.1 Å². The highest BCUT2D eigenvalue weighted by Crippen LogP contribution is 2.38. The summed E-state index contributed by atoms with van der Waals surface area (Å²) in [7, 11) is 0. The summed E-state index contributed by atoms with van der Waals surface area (Å²) in [6, 6.07) is 2.93. The molecule has 0 radical (unpaired) electrons. The highest BCUT2D eigenvalue weighted by Gasteiger charge is 2.32. The molecule has 9 nitrogen and oxygen atoms in total. The van der Waals surface area contributed by atoms with Crippen molar-refractivity contribution in [3.8, 4) is 5.69 Å². The molecule has 0 bridgehead atoms. The Morgan fingerprint density at radius 2 is 2.03 bits per heavy atom. The van der Waals surface area contributed by atoms with E-state index >= 15 is 0 Å². The molecular formula is C22H22Cl2N4O5. The van der Waals surface area contributed by atoms with Gasteiger partial charge >= 0.3 is 11.9 Å². The minimum Gasteiger partial charge on any atom is -0.481 e. The van der Waals surface area contributed by atoms with E-state index < -0.39 is 18.0 Å². The van der Waals surface area contributed by atoms with E-state index in [4.69, 9.17) is 38.0 Å². The lowest BCUT2D eigenvalue weighted by Gasteiger charge is -2.25. The van der Waals surface area contributed by atoms with Crippen LogP contribution < -0.4 is 4.90 Å². The summed E-state index contributed by atoms with van der Waals surface area (Å²) in [5, 5.41) is 19.8. The Labute approximate surface area is 199 Å². The number of imidazole rings is 1. The molecule has 1 unspecified atom stereocenters. The molecule has 2 aromatic heterocycles. The summed E-state index contributed by atoms with van der Waals surface area (Å²) >= 11 is 13.0. The second kappa shape index (κ2) is 9.94. The van der Waals surface area contributed by atoms with Crippen molar-refractivity contribution in [1.29, 1.82) is 0 Å². The number of halogens is 2. The Hall–Kier alpha value is -2.88. The van der Waals surface area contributed by atoms with Gasteiger partial charge in [-0.15, -0.1) is 0 Å². The molecule has 0 saturated carbocycles. The molecule has 1 saturated heterocycles. The van der Waals surface area contributed by atoms with Crippen LogP contribution >= 0.6 is 23.2 Å². The number of rotatable bonds is 9. The number of aromatic nitrogens is 3. The molecule has 33 heavy (non-hydrogen) atoms. The third-order valence-electron chi connectivity index (χ3n) is 5.62. The third kappa shape index (κ3) is 4.90. The first-order valence-electron chi connectivity index (χ1n) is 10.5. The standard InChI is InChI=1S/C22H22Cl2N4O5/c23-14-10-13(3-8-33-9-4-18(29)30)19-16(27-7-5-25-12-27)11-17(26-21(19)20(14)24)28-6-1-2-15(28)22(31)32/h5,7,10-12,15H,1-4,6,8-9H2,(H,29,30)(H,31,32). The largest absolute Gasteiger partial charge is 0.481 e. The molecule has 1 aliphatic heterocycles. The van der Waals surface area contributed by atoms with E-state index in [0.29, 0.717) is 42.4 Å². The fraction of sp³-hybridized carbons (Fsp3) is 0.364. The van der Waals surface area contributed by atoms with Crippen molar-refractivity contribution >= 4 is 51.9 Å². The van der Waals surface area contributed by atoms with Crippen LogP contribution in [0.25, 0.3) is 16.6 Å². The Kier molecular flexibility index (Phi) is 7.02. The SMILES string of the molecule is O=C(O)CCOCCc1cc(Cl)c(Cl)c2nc(N3CCCC3C(=O)O)cc(-n3ccnc3)c12. The quantitative estimate of drug-likeness (QED) is 0.432. The Bertz CT molecular complexity index is 1190. The maximum Gasteiger partial charge on any atom is 0.326 e. The van der Waals surface area contributed by atoms with Gasteiger partial charge < -0.3 is 24.4 Å². The minimum atomic E-state index is -0.921. The number of pyridine rings is 1. The zero-order chi connectivity index (χ0) is 23.5. The summed E-state index contributed by atoms with van der Waals surface area (Å²) in [6.07, 6.45) is 6.75. The van der Waals surface area contributed by atoms with Crippen LogP contribution in [0.5, 0.6) is 0 Å². The average Bonchev–Trinajstić information content (AvgIpc) is 3.48. The number of hydrogen-bond acceptors (Lipinski definition) is 6. The molecule has 11 heteroatoms. The Morgan fingerprint density at radius 3 is 2.73 bits per heavy atom. The van der Waals surface area contributed by atoms with Crippen LogP contribution in [0.3, 0.4) is 0 Å². The van der Waals surface area contributed by atoms with Gasteiger partial charge in [0.15, 0.2) is 0 Å². The number of ether oxygens (including phenoxy) is 1. The Morgan fingerprint density at radius 1 is 1.21 bits per heavy atom. The molecule has 0 spiro atoms. The monoisotopic (exact) mass is 492 g/mol. The predicted molar refractivity (Wildman–Crippen MR) is 124 cm³/mol. The maximum atomic E-state index is 11.8. The normalized spacial score (nSPS) is 15.9. The number of anilines is 1. The van der Waals surface area contributed by atoms with Gasteiger partial charge in [0, 0.05) is 30.4 Å².